The van der Waals surface area contributed by atoms with Gasteiger partial charge in [0, 0.05) is 45.0 Å². The number of aromatic nitrogens is 2. The van der Waals surface area contributed by atoms with Crippen LogP contribution in [-0.2, 0) is 11.3 Å². The summed E-state index contributed by atoms with van der Waals surface area (Å²) in [5.41, 5.74) is 2.19. The van der Waals surface area contributed by atoms with E-state index < -0.39 is 0 Å². The van der Waals surface area contributed by atoms with Gasteiger partial charge in [-0.3, -0.25) is 9.58 Å². The molecule has 0 unspecified atom stereocenters. The highest BCUT2D eigenvalue weighted by Gasteiger charge is 2.11. The molecule has 7 heteroatoms. The summed E-state index contributed by atoms with van der Waals surface area (Å²) in [4.78, 5) is 14.1. The summed E-state index contributed by atoms with van der Waals surface area (Å²) in [5, 5.41) is 10.3. The predicted molar refractivity (Wildman–Crippen MR) is 89.5 cm³/mol. The van der Waals surface area contributed by atoms with Crippen LogP contribution in [-0.4, -0.2) is 66.6 Å². The zero-order valence-corrected chi connectivity index (χ0v) is 14.5. The first-order chi connectivity index (χ1) is 11.0. The van der Waals surface area contributed by atoms with E-state index in [4.69, 9.17) is 4.74 Å². The van der Waals surface area contributed by atoms with Gasteiger partial charge in [-0.05, 0) is 25.8 Å². The summed E-state index contributed by atoms with van der Waals surface area (Å²) < 4.78 is 7.30. The van der Waals surface area contributed by atoms with Crippen molar-refractivity contribution in [2.24, 2.45) is 5.92 Å². The number of carbonyl (C=O) groups excluding carboxylic acids is 1. The van der Waals surface area contributed by atoms with Crippen molar-refractivity contribution in [2.75, 3.05) is 45.9 Å². The minimum absolute atomic E-state index is 0.0986. The molecule has 1 aromatic heterocycles. The summed E-state index contributed by atoms with van der Waals surface area (Å²) in [6.45, 7) is 12.6. The summed E-state index contributed by atoms with van der Waals surface area (Å²) >= 11 is 0. The van der Waals surface area contributed by atoms with E-state index in [1.807, 2.05) is 11.6 Å². The molecule has 1 saturated heterocycles. The number of ether oxygens (including phenoxy) is 1. The van der Waals surface area contributed by atoms with Crippen LogP contribution in [0.4, 0.5) is 4.79 Å². The van der Waals surface area contributed by atoms with Gasteiger partial charge in [-0.25, -0.2) is 4.79 Å². The normalized spacial score (nSPS) is 17.0. The van der Waals surface area contributed by atoms with Gasteiger partial charge in [0.05, 0.1) is 18.9 Å². The first kappa shape index (κ1) is 17.7. The van der Waals surface area contributed by atoms with Crippen molar-refractivity contribution in [3.05, 3.63) is 17.5 Å². The second-order valence-corrected chi connectivity index (χ2v) is 6.31. The largest absolute Gasteiger partial charge is 0.379 e. The van der Waals surface area contributed by atoms with Gasteiger partial charge >= 0.3 is 6.03 Å². The van der Waals surface area contributed by atoms with Crippen molar-refractivity contribution in [3.63, 3.8) is 0 Å². The zero-order valence-electron chi connectivity index (χ0n) is 14.5. The SMILES string of the molecule is Cc1cc(C)n(C[C@H](C)CNC(=O)NCCN2CCOCC2)n1. The first-order valence-corrected chi connectivity index (χ1v) is 8.37. The maximum Gasteiger partial charge on any atom is 0.314 e. The van der Waals surface area contributed by atoms with Crippen LogP contribution in [0.5, 0.6) is 0 Å². The van der Waals surface area contributed by atoms with E-state index in [9.17, 15) is 4.79 Å². The minimum Gasteiger partial charge on any atom is -0.379 e. The molecule has 2 rings (SSSR count). The smallest absolute Gasteiger partial charge is 0.314 e. The number of amides is 2. The molecular weight excluding hydrogens is 294 g/mol. The zero-order chi connectivity index (χ0) is 16.7. The summed E-state index contributed by atoms with van der Waals surface area (Å²) in [7, 11) is 0. The standard InChI is InChI=1S/C16H29N5O2/c1-13(12-21-15(3)10-14(2)19-21)11-18-16(22)17-4-5-20-6-8-23-9-7-20/h10,13H,4-9,11-12H2,1-3H3,(H2,17,18,22)/t13-/m1/s1. The highest BCUT2D eigenvalue weighted by Crippen LogP contribution is 2.05. The highest BCUT2D eigenvalue weighted by molar-refractivity contribution is 5.73. The molecule has 0 aliphatic carbocycles. The number of hydrogen-bond donors (Lipinski definition) is 2. The molecule has 0 radical (unpaired) electrons. The minimum atomic E-state index is -0.0986. The number of hydrogen-bond acceptors (Lipinski definition) is 4. The van der Waals surface area contributed by atoms with Crippen LogP contribution in [0.15, 0.2) is 6.07 Å². The lowest BCUT2D eigenvalue weighted by atomic mass is 10.2. The van der Waals surface area contributed by atoms with Crippen molar-refractivity contribution in [1.29, 1.82) is 0 Å². The van der Waals surface area contributed by atoms with Crippen molar-refractivity contribution in [2.45, 2.75) is 27.3 Å². The third-order valence-electron chi connectivity index (χ3n) is 4.02. The molecule has 130 valence electrons. The van der Waals surface area contributed by atoms with Crippen molar-refractivity contribution in [3.8, 4) is 0 Å². The van der Waals surface area contributed by atoms with Crippen LogP contribution < -0.4 is 10.6 Å². The Hall–Kier alpha value is -1.60. The highest BCUT2D eigenvalue weighted by atomic mass is 16.5. The molecule has 0 spiro atoms. The van der Waals surface area contributed by atoms with Gasteiger partial charge in [0.2, 0.25) is 0 Å². The molecule has 1 atom stereocenters. The van der Waals surface area contributed by atoms with Crippen molar-refractivity contribution in [1.82, 2.24) is 25.3 Å². The van der Waals surface area contributed by atoms with Gasteiger partial charge < -0.3 is 15.4 Å². The van der Waals surface area contributed by atoms with Crippen LogP contribution in [0.2, 0.25) is 0 Å². The maximum absolute atomic E-state index is 11.8. The van der Waals surface area contributed by atoms with Gasteiger partial charge in [-0.2, -0.15) is 5.10 Å². The molecular formula is C16H29N5O2. The molecule has 2 N–H and O–H groups in total. The Morgan fingerprint density at radius 2 is 2.09 bits per heavy atom. The van der Waals surface area contributed by atoms with Crippen LogP contribution in [0.1, 0.15) is 18.3 Å². The fraction of sp³-hybridized carbons (Fsp3) is 0.750. The number of aryl methyl sites for hydroxylation is 2. The number of urea groups is 1. The van der Waals surface area contributed by atoms with E-state index in [1.165, 1.54) is 0 Å². The topological polar surface area (TPSA) is 71.4 Å². The summed E-state index contributed by atoms with van der Waals surface area (Å²) in [5.74, 6) is 0.331. The van der Waals surface area contributed by atoms with Crippen LogP contribution in [0.3, 0.4) is 0 Å². The molecule has 23 heavy (non-hydrogen) atoms. The van der Waals surface area contributed by atoms with E-state index >= 15 is 0 Å². The number of rotatable bonds is 7. The van der Waals surface area contributed by atoms with Gasteiger partial charge in [0.15, 0.2) is 0 Å². The van der Waals surface area contributed by atoms with E-state index in [0.29, 0.717) is 19.0 Å². The predicted octanol–water partition coefficient (Wildman–Crippen LogP) is 0.767. The monoisotopic (exact) mass is 323 g/mol. The number of nitrogens with one attached hydrogen (secondary N) is 2. The average molecular weight is 323 g/mol. The Bertz CT molecular complexity index is 497. The molecule has 1 aliphatic heterocycles. The van der Waals surface area contributed by atoms with Crippen LogP contribution in [0.25, 0.3) is 0 Å². The quantitative estimate of drug-likeness (QED) is 0.777. The fourth-order valence-corrected chi connectivity index (χ4v) is 2.70. The molecule has 2 heterocycles. The lowest BCUT2D eigenvalue weighted by Gasteiger charge is -2.26. The molecule has 1 aromatic rings. The number of morpholine rings is 1. The average Bonchev–Trinajstić information content (AvgIpc) is 2.84. The van der Waals surface area contributed by atoms with Crippen molar-refractivity contribution >= 4 is 6.03 Å². The third-order valence-corrected chi connectivity index (χ3v) is 4.02. The molecule has 0 saturated carbocycles. The molecule has 0 bridgehead atoms. The maximum atomic E-state index is 11.8. The van der Waals surface area contributed by atoms with E-state index in [2.05, 4.69) is 40.5 Å². The van der Waals surface area contributed by atoms with Gasteiger partial charge in [0.25, 0.3) is 0 Å². The lowest BCUT2D eigenvalue weighted by molar-refractivity contribution is 0.0387. The number of nitrogens with zero attached hydrogens (tertiary/aromatic N) is 3. The molecule has 7 nitrogen and oxygen atoms in total. The lowest BCUT2D eigenvalue weighted by Crippen LogP contribution is -2.44. The van der Waals surface area contributed by atoms with Crippen LogP contribution >= 0.6 is 0 Å². The first-order valence-electron chi connectivity index (χ1n) is 8.37. The summed E-state index contributed by atoms with van der Waals surface area (Å²) in [6.07, 6.45) is 0. The van der Waals surface area contributed by atoms with E-state index in [-0.39, 0.29) is 6.03 Å². The van der Waals surface area contributed by atoms with E-state index in [1.54, 1.807) is 0 Å². The van der Waals surface area contributed by atoms with Gasteiger partial charge in [-0.15, -0.1) is 0 Å². The second-order valence-electron chi connectivity index (χ2n) is 6.31. The third kappa shape index (κ3) is 6.19. The fourth-order valence-electron chi connectivity index (χ4n) is 2.70. The Morgan fingerprint density at radius 1 is 1.35 bits per heavy atom. The van der Waals surface area contributed by atoms with Gasteiger partial charge in [0.1, 0.15) is 0 Å². The molecule has 0 aromatic carbocycles. The number of carbonyl (C=O) groups is 1. The van der Waals surface area contributed by atoms with Gasteiger partial charge in [-0.1, -0.05) is 6.92 Å². The molecule has 1 aliphatic rings. The summed E-state index contributed by atoms with van der Waals surface area (Å²) in [6, 6.07) is 1.97. The van der Waals surface area contributed by atoms with Crippen LogP contribution in [0, 0.1) is 19.8 Å². The van der Waals surface area contributed by atoms with Crippen molar-refractivity contribution < 1.29 is 9.53 Å². The molecule has 1 fully saturated rings. The second kappa shape index (κ2) is 8.88. The Labute approximate surface area is 138 Å². The van der Waals surface area contributed by atoms with E-state index in [0.717, 1.165) is 50.8 Å². The Balaban J connectivity index is 1.59. The molecule has 2 amide bonds. The Kier molecular flexibility index (Phi) is 6.85. The Morgan fingerprint density at radius 3 is 2.74 bits per heavy atom.